The highest BCUT2D eigenvalue weighted by atomic mass is 32.2. The molecule has 0 saturated carbocycles. The molecule has 0 aliphatic heterocycles. The van der Waals surface area contributed by atoms with Crippen LogP contribution < -0.4 is 4.72 Å². The third-order valence-electron chi connectivity index (χ3n) is 3.00. The van der Waals surface area contributed by atoms with Crippen molar-refractivity contribution in [2.24, 2.45) is 0 Å². The SMILES string of the molecule is CCCS(=O)(=O)NCCc1oc(C)nc1-c1ccccc1. The van der Waals surface area contributed by atoms with E-state index in [1.165, 1.54) is 0 Å². The number of sulfonamides is 1. The quantitative estimate of drug-likeness (QED) is 0.853. The van der Waals surface area contributed by atoms with Gasteiger partial charge in [0, 0.05) is 25.5 Å². The maximum atomic E-state index is 11.6. The van der Waals surface area contributed by atoms with Crippen molar-refractivity contribution in [2.75, 3.05) is 12.3 Å². The monoisotopic (exact) mass is 308 g/mol. The van der Waals surface area contributed by atoms with Gasteiger partial charge in [0.25, 0.3) is 0 Å². The van der Waals surface area contributed by atoms with Crippen LogP contribution in [0.15, 0.2) is 34.7 Å². The molecule has 1 aromatic heterocycles. The first-order valence-electron chi connectivity index (χ1n) is 7.01. The third-order valence-corrected chi connectivity index (χ3v) is 4.59. The van der Waals surface area contributed by atoms with Gasteiger partial charge in [0.15, 0.2) is 5.89 Å². The lowest BCUT2D eigenvalue weighted by Crippen LogP contribution is -2.28. The van der Waals surface area contributed by atoms with Crippen LogP contribution >= 0.6 is 0 Å². The van der Waals surface area contributed by atoms with Gasteiger partial charge in [0.05, 0.1) is 5.75 Å². The molecule has 1 heterocycles. The number of hydrogen-bond acceptors (Lipinski definition) is 4. The Morgan fingerprint density at radius 3 is 2.62 bits per heavy atom. The lowest BCUT2D eigenvalue weighted by atomic mass is 10.1. The maximum Gasteiger partial charge on any atom is 0.211 e. The molecule has 0 saturated heterocycles. The van der Waals surface area contributed by atoms with Crippen molar-refractivity contribution in [2.45, 2.75) is 26.7 Å². The van der Waals surface area contributed by atoms with Crippen molar-refractivity contribution < 1.29 is 12.8 Å². The Morgan fingerprint density at radius 1 is 1.24 bits per heavy atom. The van der Waals surface area contributed by atoms with E-state index in [4.69, 9.17) is 4.42 Å². The van der Waals surface area contributed by atoms with Gasteiger partial charge in [0.1, 0.15) is 11.5 Å². The first kappa shape index (κ1) is 15.7. The summed E-state index contributed by atoms with van der Waals surface area (Å²) in [5, 5.41) is 0. The fraction of sp³-hybridized carbons (Fsp3) is 0.400. The van der Waals surface area contributed by atoms with Crippen molar-refractivity contribution >= 4 is 10.0 Å². The molecule has 0 aliphatic rings. The van der Waals surface area contributed by atoms with Gasteiger partial charge in [-0.1, -0.05) is 37.3 Å². The zero-order valence-electron chi connectivity index (χ0n) is 12.3. The number of rotatable bonds is 7. The van der Waals surface area contributed by atoms with E-state index in [0.717, 1.165) is 11.3 Å². The topological polar surface area (TPSA) is 72.2 Å². The molecule has 0 aliphatic carbocycles. The van der Waals surface area contributed by atoms with Gasteiger partial charge in [-0.25, -0.2) is 18.1 Å². The number of benzene rings is 1. The molecular weight excluding hydrogens is 288 g/mol. The minimum atomic E-state index is -3.18. The molecule has 1 aromatic carbocycles. The zero-order valence-corrected chi connectivity index (χ0v) is 13.1. The molecule has 0 spiro atoms. The van der Waals surface area contributed by atoms with Crippen molar-refractivity contribution in [1.29, 1.82) is 0 Å². The second kappa shape index (κ2) is 6.87. The summed E-state index contributed by atoms with van der Waals surface area (Å²) in [5.74, 6) is 1.44. The number of aromatic nitrogens is 1. The lowest BCUT2D eigenvalue weighted by molar-refractivity contribution is 0.473. The second-order valence-electron chi connectivity index (χ2n) is 4.83. The molecular formula is C15H20N2O3S. The minimum Gasteiger partial charge on any atom is -0.445 e. The summed E-state index contributed by atoms with van der Waals surface area (Å²) in [6.45, 7) is 3.94. The molecule has 0 amide bonds. The summed E-state index contributed by atoms with van der Waals surface area (Å²) < 4.78 is 31.4. The summed E-state index contributed by atoms with van der Waals surface area (Å²) in [4.78, 5) is 4.39. The Bertz CT molecular complexity index is 678. The molecule has 1 N–H and O–H groups in total. The third kappa shape index (κ3) is 4.41. The van der Waals surface area contributed by atoms with Crippen LogP contribution in [0.3, 0.4) is 0 Å². The van der Waals surface area contributed by atoms with Gasteiger partial charge in [-0.15, -0.1) is 0 Å². The van der Waals surface area contributed by atoms with Crippen LogP contribution in [-0.2, 0) is 16.4 Å². The molecule has 2 aromatic rings. The maximum absolute atomic E-state index is 11.6. The van der Waals surface area contributed by atoms with Crippen molar-refractivity contribution in [3.05, 3.63) is 42.0 Å². The van der Waals surface area contributed by atoms with E-state index in [0.29, 0.717) is 31.0 Å². The highest BCUT2D eigenvalue weighted by molar-refractivity contribution is 7.89. The van der Waals surface area contributed by atoms with E-state index < -0.39 is 10.0 Å². The van der Waals surface area contributed by atoms with Crippen LogP contribution in [0, 0.1) is 6.92 Å². The normalized spacial score (nSPS) is 11.7. The fourth-order valence-corrected chi connectivity index (χ4v) is 3.22. The highest BCUT2D eigenvalue weighted by Gasteiger charge is 2.14. The van der Waals surface area contributed by atoms with Crippen LogP contribution in [0.1, 0.15) is 25.0 Å². The van der Waals surface area contributed by atoms with Crippen LogP contribution in [0.5, 0.6) is 0 Å². The Hall–Kier alpha value is -1.66. The average Bonchev–Trinajstić information content (AvgIpc) is 2.80. The highest BCUT2D eigenvalue weighted by Crippen LogP contribution is 2.23. The van der Waals surface area contributed by atoms with E-state index in [1.54, 1.807) is 6.92 Å². The molecule has 0 bridgehead atoms. The fourth-order valence-electron chi connectivity index (χ4n) is 2.12. The van der Waals surface area contributed by atoms with Gasteiger partial charge in [-0.3, -0.25) is 0 Å². The predicted molar refractivity (Wildman–Crippen MR) is 82.5 cm³/mol. The molecule has 21 heavy (non-hydrogen) atoms. The number of oxazole rings is 1. The summed E-state index contributed by atoms with van der Waals surface area (Å²) in [5.41, 5.74) is 1.75. The molecule has 6 heteroatoms. The minimum absolute atomic E-state index is 0.147. The first-order chi connectivity index (χ1) is 10.0. The Morgan fingerprint density at radius 2 is 1.95 bits per heavy atom. The van der Waals surface area contributed by atoms with Gasteiger partial charge in [-0.05, 0) is 6.42 Å². The van der Waals surface area contributed by atoms with E-state index in [9.17, 15) is 8.42 Å². The second-order valence-corrected chi connectivity index (χ2v) is 6.76. The number of hydrogen-bond donors (Lipinski definition) is 1. The van der Waals surface area contributed by atoms with Crippen LogP contribution in [0.25, 0.3) is 11.3 Å². The number of nitrogens with one attached hydrogen (secondary N) is 1. The van der Waals surface area contributed by atoms with E-state index >= 15 is 0 Å². The van der Waals surface area contributed by atoms with Crippen LogP contribution in [-0.4, -0.2) is 25.7 Å². The van der Waals surface area contributed by atoms with Crippen LogP contribution in [0.2, 0.25) is 0 Å². The van der Waals surface area contributed by atoms with Gasteiger partial charge >= 0.3 is 0 Å². The predicted octanol–water partition coefficient (Wildman–Crippen LogP) is 2.52. The largest absolute Gasteiger partial charge is 0.445 e. The summed E-state index contributed by atoms with van der Waals surface area (Å²) in [6.07, 6.45) is 1.08. The van der Waals surface area contributed by atoms with Crippen molar-refractivity contribution in [1.82, 2.24) is 9.71 Å². The van der Waals surface area contributed by atoms with Crippen molar-refractivity contribution in [3.63, 3.8) is 0 Å². The molecule has 2 rings (SSSR count). The molecule has 0 unspecified atom stereocenters. The van der Waals surface area contributed by atoms with Gasteiger partial charge < -0.3 is 4.42 Å². The van der Waals surface area contributed by atoms with E-state index in [2.05, 4.69) is 9.71 Å². The smallest absolute Gasteiger partial charge is 0.211 e. The van der Waals surface area contributed by atoms with E-state index in [1.807, 2.05) is 37.3 Å². The molecule has 0 fully saturated rings. The number of aryl methyl sites for hydroxylation is 1. The number of nitrogens with zero attached hydrogens (tertiary/aromatic N) is 1. The standard InChI is InChI=1S/C15H20N2O3S/c1-3-11-21(18,19)16-10-9-14-15(17-12(2)20-14)13-7-5-4-6-8-13/h4-8,16H,3,9-11H2,1-2H3. The van der Waals surface area contributed by atoms with E-state index in [-0.39, 0.29) is 5.75 Å². The molecule has 5 nitrogen and oxygen atoms in total. The summed E-state index contributed by atoms with van der Waals surface area (Å²) >= 11 is 0. The molecule has 0 atom stereocenters. The van der Waals surface area contributed by atoms with Gasteiger partial charge in [0.2, 0.25) is 10.0 Å². The van der Waals surface area contributed by atoms with Gasteiger partial charge in [-0.2, -0.15) is 0 Å². The first-order valence-corrected chi connectivity index (χ1v) is 8.66. The Balaban J connectivity index is 2.08. The van der Waals surface area contributed by atoms with Crippen LogP contribution in [0.4, 0.5) is 0 Å². The summed E-state index contributed by atoms with van der Waals surface area (Å²) in [7, 11) is -3.18. The Kier molecular flexibility index (Phi) is 5.14. The molecule has 114 valence electrons. The lowest BCUT2D eigenvalue weighted by Gasteiger charge is -2.05. The zero-order chi connectivity index (χ0) is 15.3. The summed E-state index contributed by atoms with van der Waals surface area (Å²) in [6, 6.07) is 9.74. The average molecular weight is 308 g/mol. The molecule has 0 radical (unpaired) electrons. The Labute approximate surface area is 125 Å². The van der Waals surface area contributed by atoms with Crippen molar-refractivity contribution in [3.8, 4) is 11.3 Å².